The summed E-state index contributed by atoms with van der Waals surface area (Å²) in [5.41, 5.74) is 4.16. The van der Waals surface area contributed by atoms with Gasteiger partial charge in [-0.25, -0.2) is 4.39 Å². The molecule has 0 spiro atoms. The highest BCUT2D eigenvalue weighted by atomic mass is 19.1. The van der Waals surface area contributed by atoms with Crippen LogP contribution < -0.4 is 4.90 Å². The molecule has 27 heavy (non-hydrogen) atoms. The van der Waals surface area contributed by atoms with Crippen molar-refractivity contribution in [2.45, 2.75) is 33.1 Å². The standard InChI is InChI=1S/C21H20FN3O2/c1-12-7-8-13(2)16(9-12)20-23-21(27-24-20)15-10-19(26)25(11-15)18-6-4-5-17(22)14(18)3/h4-9,15H,10-11H2,1-3H3. The molecule has 5 nitrogen and oxygen atoms in total. The number of carbonyl (C=O) groups excluding carboxylic acids is 1. The van der Waals surface area contributed by atoms with Gasteiger partial charge in [-0.2, -0.15) is 4.98 Å². The Morgan fingerprint density at radius 2 is 2.00 bits per heavy atom. The lowest BCUT2D eigenvalue weighted by molar-refractivity contribution is -0.117. The maximum absolute atomic E-state index is 13.9. The van der Waals surface area contributed by atoms with Crippen molar-refractivity contribution in [3.05, 3.63) is 64.8 Å². The van der Waals surface area contributed by atoms with Gasteiger partial charge in [0.1, 0.15) is 5.82 Å². The van der Waals surface area contributed by atoms with E-state index >= 15 is 0 Å². The molecular weight excluding hydrogens is 345 g/mol. The highest BCUT2D eigenvalue weighted by molar-refractivity contribution is 5.97. The molecule has 1 amide bonds. The molecule has 1 saturated heterocycles. The Bertz CT molecular complexity index is 1030. The summed E-state index contributed by atoms with van der Waals surface area (Å²) < 4.78 is 19.3. The molecule has 1 aliphatic heterocycles. The Labute approximate surface area is 156 Å². The number of amides is 1. The largest absolute Gasteiger partial charge is 0.339 e. The van der Waals surface area contributed by atoms with Crippen LogP contribution in [0.2, 0.25) is 0 Å². The van der Waals surface area contributed by atoms with E-state index in [1.54, 1.807) is 24.0 Å². The van der Waals surface area contributed by atoms with E-state index in [2.05, 4.69) is 10.1 Å². The molecule has 2 heterocycles. The number of nitrogens with zero attached hydrogens (tertiary/aromatic N) is 3. The third kappa shape index (κ3) is 3.12. The van der Waals surface area contributed by atoms with Gasteiger partial charge in [-0.3, -0.25) is 4.79 Å². The summed E-state index contributed by atoms with van der Waals surface area (Å²) in [4.78, 5) is 18.6. The number of benzene rings is 2. The van der Waals surface area contributed by atoms with Crippen molar-refractivity contribution in [3.63, 3.8) is 0 Å². The fraction of sp³-hybridized carbons (Fsp3) is 0.286. The van der Waals surface area contributed by atoms with E-state index in [0.29, 0.717) is 29.5 Å². The van der Waals surface area contributed by atoms with Gasteiger partial charge in [0.25, 0.3) is 0 Å². The zero-order chi connectivity index (χ0) is 19.1. The molecule has 0 aliphatic carbocycles. The first-order valence-electron chi connectivity index (χ1n) is 8.90. The molecule has 0 N–H and O–H groups in total. The SMILES string of the molecule is Cc1ccc(C)c(-c2noc(C3CC(=O)N(c4cccc(F)c4C)C3)n2)c1. The van der Waals surface area contributed by atoms with Gasteiger partial charge in [0.05, 0.1) is 5.92 Å². The molecule has 4 rings (SSSR count). The number of hydrogen-bond donors (Lipinski definition) is 0. The van der Waals surface area contributed by atoms with E-state index in [9.17, 15) is 9.18 Å². The smallest absolute Gasteiger partial charge is 0.232 e. The van der Waals surface area contributed by atoms with Crippen molar-refractivity contribution in [3.8, 4) is 11.4 Å². The zero-order valence-corrected chi connectivity index (χ0v) is 15.5. The third-order valence-corrected chi connectivity index (χ3v) is 5.08. The van der Waals surface area contributed by atoms with E-state index in [1.807, 2.05) is 32.0 Å². The summed E-state index contributed by atoms with van der Waals surface area (Å²) in [6, 6.07) is 10.8. The van der Waals surface area contributed by atoms with Crippen LogP contribution in [0.3, 0.4) is 0 Å². The summed E-state index contributed by atoms with van der Waals surface area (Å²) in [6.07, 6.45) is 0.268. The maximum atomic E-state index is 13.9. The average Bonchev–Trinajstić information content (AvgIpc) is 3.26. The fourth-order valence-electron chi connectivity index (χ4n) is 3.48. The van der Waals surface area contributed by atoms with Crippen molar-refractivity contribution in [1.29, 1.82) is 0 Å². The fourth-order valence-corrected chi connectivity index (χ4v) is 3.48. The number of hydrogen-bond acceptors (Lipinski definition) is 4. The van der Waals surface area contributed by atoms with Crippen LogP contribution in [0.5, 0.6) is 0 Å². The Balaban J connectivity index is 1.61. The first-order chi connectivity index (χ1) is 12.9. The summed E-state index contributed by atoms with van der Waals surface area (Å²) >= 11 is 0. The van der Waals surface area contributed by atoms with Gasteiger partial charge < -0.3 is 9.42 Å². The van der Waals surface area contributed by atoms with Crippen LogP contribution in [0.1, 0.15) is 34.9 Å². The average molecular weight is 365 g/mol. The number of aryl methyl sites for hydroxylation is 2. The predicted octanol–water partition coefficient (Wildman–Crippen LogP) is 4.32. The van der Waals surface area contributed by atoms with Crippen molar-refractivity contribution >= 4 is 11.6 Å². The van der Waals surface area contributed by atoms with E-state index < -0.39 is 0 Å². The Kier molecular flexibility index (Phi) is 4.26. The molecule has 138 valence electrons. The van der Waals surface area contributed by atoms with Crippen LogP contribution in [-0.2, 0) is 4.79 Å². The van der Waals surface area contributed by atoms with Crippen molar-refractivity contribution in [2.24, 2.45) is 0 Å². The van der Waals surface area contributed by atoms with Crippen LogP contribution in [0.25, 0.3) is 11.4 Å². The van der Waals surface area contributed by atoms with Gasteiger partial charge in [0.15, 0.2) is 0 Å². The summed E-state index contributed by atoms with van der Waals surface area (Å²) in [7, 11) is 0. The van der Waals surface area contributed by atoms with Gasteiger partial charge in [0.2, 0.25) is 17.6 Å². The van der Waals surface area contributed by atoms with Crippen LogP contribution in [0, 0.1) is 26.6 Å². The Morgan fingerprint density at radius 1 is 1.19 bits per heavy atom. The summed E-state index contributed by atoms with van der Waals surface area (Å²) in [5, 5.41) is 4.11. The molecule has 2 aromatic carbocycles. The van der Waals surface area contributed by atoms with E-state index in [-0.39, 0.29) is 24.1 Å². The van der Waals surface area contributed by atoms with Gasteiger partial charge >= 0.3 is 0 Å². The molecule has 1 aromatic heterocycles. The van der Waals surface area contributed by atoms with Gasteiger partial charge in [-0.15, -0.1) is 0 Å². The first-order valence-corrected chi connectivity index (χ1v) is 8.90. The Hall–Kier alpha value is -3.02. The number of halogens is 1. The van der Waals surface area contributed by atoms with Crippen molar-refractivity contribution in [2.75, 3.05) is 11.4 Å². The molecular formula is C21H20FN3O2. The number of aromatic nitrogens is 2. The summed E-state index contributed by atoms with van der Waals surface area (Å²) in [6.45, 7) is 6.09. The highest BCUT2D eigenvalue weighted by Gasteiger charge is 2.36. The summed E-state index contributed by atoms with van der Waals surface area (Å²) in [5.74, 6) is 0.375. The highest BCUT2D eigenvalue weighted by Crippen LogP contribution is 2.34. The monoisotopic (exact) mass is 365 g/mol. The van der Waals surface area contributed by atoms with E-state index in [0.717, 1.165) is 16.7 Å². The van der Waals surface area contributed by atoms with Gasteiger partial charge in [-0.05, 0) is 44.5 Å². The van der Waals surface area contributed by atoms with Crippen LogP contribution >= 0.6 is 0 Å². The Morgan fingerprint density at radius 3 is 2.81 bits per heavy atom. The predicted molar refractivity (Wildman–Crippen MR) is 100 cm³/mol. The van der Waals surface area contributed by atoms with Crippen molar-refractivity contribution < 1.29 is 13.7 Å². The molecule has 1 unspecified atom stereocenters. The molecule has 1 fully saturated rings. The molecule has 0 saturated carbocycles. The van der Waals surface area contributed by atoms with Crippen LogP contribution in [0.15, 0.2) is 40.9 Å². The van der Waals surface area contributed by atoms with Crippen LogP contribution in [0.4, 0.5) is 10.1 Å². The minimum absolute atomic E-state index is 0.0693. The van der Waals surface area contributed by atoms with Gasteiger partial charge in [0, 0.05) is 29.8 Å². The topological polar surface area (TPSA) is 59.2 Å². The van der Waals surface area contributed by atoms with Crippen molar-refractivity contribution in [1.82, 2.24) is 10.1 Å². The lowest BCUT2D eigenvalue weighted by Crippen LogP contribution is -2.25. The lowest BCUT2D eigenvalue weighted by Gasteiger charge is -2.18. The quantitative estimate of drug-likeness (QED) is 0.693. The molecule has 0 bridgehead atoms. The second-order valence-corrected chi connectivity index (χ2v) is 7.06. The number of anilines is 1. The minimum Gasteiger partial charge on any atom is -0.339 e. The van der Waals surface area contributed by atoms with E-state index in [4.69, 9.17) is 4.52 Å². The number of rotatable bonds is 3. The normalized spacial score (nSPS) is 17.0. The van der Waals surface area contributed by atoms with E-state index in [1.165, 1.54) is 6.07 Å². The first kappa shape index (κ1) is 17.4. The van der Waals surface area contributed by atoms with Crippen LogP contribution in [-0.4, -0.2) is 22.6 Å². The minimum atomic E-state index is -0.321. The lowest BCUT2D eigenvalue weighted by atomic mass is 10.1. The molecule has 6 heteroatoms. The number of carbonyl (C=O) groups is 1. The molecule has 3 aromatic rings. The second-order valence-electron chi connectivity index (χ2n) is 7.06. The molecule has 0 radical (unpaired) electrons. The van der Waals surface area contributed by atoms with Gasteiger partial charge in [-0.1, -0.05) is 28.9 Å². The molecule has 1 atom stereocenters. The maximum Gasteiger partial charge on any atom is 0.232 e. The third-order valence-electron chi connectivity index (χ3n) is 5.08. The molecule has 1 aliphatic rings. The second kappa shape index (κ2) is 6.61. The zero-order valence-electron chi connectivity index (χ0n) is 15.5.